The monoisotopic (exact) mass is 399 g/mol. The van der Waals surface area contributed by atoms with E-state index >= 15 is 0 Å². The molecule has 0 radical (unpaired) electrons. The summed E-state index contributed by atoms with van der Waals surface area (Å²) in [5.74, 6) is 2.40. The van der Waals surface area contributed by atoms with Crippen LogP contribution in [0.25, 0.3) is 0 Å². The first kappa shape index (κ1) is 19.7. The number of allylic oxidation sites excluding steroid dienone is 2. The number of aromatic nitrogens is 1. The first-order chi connectivity index (χ1) is 14.0. The predicted octanol–water partition coefficient (Wildman–Crippen LogP) is 1.54. The number of nitrogens with zero attached hydrogens (tertiary/aromatic N) is 3. The van der Waals surface area contributed by atoms with Gasteiger partial charge in [0.05, 0.1) is 17.5 Å². The summed E-state index contributed by atoms with van der Waals surface area (Å²) >= 11 is 0. The van der Waals surface area contributed by atoms with Crippen molar-refractivity contribution in [2.24, 2.45) is 28.7 Å². The topological polar surface area (TPSA) is 99.8 Å². The Kier molecular flexibility index (Phi) is 5.43. The lowest BCUT2D eigenvalue weighted by atomic mass is 9.85. The van der Waals surface area contributed by atoms with Crippen LogP contribution in [0.1, 0.15) is 37.1 Å². The molecule has 29 heavy (non-hydrogen) atoms. The van der Waals surface area contributed by atoms with Gasteiger partial charge in [0.15, 0.2) is 5.96 Å². The second-order valence-electron chi connectivity index (χ2n) is 8.05. The van der Waals surface area contributed by atoms with Gasteiger partial charge in [-0.1, -0.05) is 12.2 Å². The van der Waals surface area contributed by atoms with E-state index in [-0.39, 0.29) is 35.5 Å². The normalized spacial score (nSPS) is 27.8. The number of hydrogen-bond acceptors (Lipinski definition) is 5. The van der Waals surface area contributed by atoms with Gasteiger partial charge in [-0.15, -0.1) is 0 Å². The highest BCUT2D eigenvalue weighted by atomic mass is 16.4. The van der Waals surface area contributed by atoms with Crippen LogP contribution >= 0.6 is 0 Å². The van der Waals surface area contributed by atoms with Crippen LogP contribution in [-0.2, 0) is 16.1 Å². The number of carbonyl (C=O) groups excluding carboxylic acids is 2. The number of fused-ring (bicyclic) bond motifs is 5. The molecule has 4 atom stereocenters. The van der Waals surface area contributed by atoms with E-state index in [2.05, 4.69) is 32.8 Å². The van der Waals surface area contributed by atoms with Crippen LogP contribution in [0.3, 0.4) is 0 Å². The number of hydrogen-bond donors (Lipinski definition) is 2. The second-order valence-corrected chi connectivity index (χ2v) is 8.05. The lowest BCUT2D eigenvalue weighted by Crippen LogP contribution is -2.40. The highest BCUT2D eigenvalue weighted by Gasteiger charge is 2.58. The number of aryl methyl sites for hydroxylation is 2. The smallest absolute Gasteiger partial charge is 0.233 e. The van der Waals surface area contributed by atoms with Crippen LogP contribution in [0.2, 0.25) is 0 Å². The number of oxazole rings is 1. The van der Waals surface area contributed by atoms with Crippen molar-refractivity contribution in [1.82, 2.24) is 20.5 Å². The number of carbonyl (C=O) groups is 2. The Bertz CT molecular complexity index is 809. The Balaban J connectivity index is 1.27. The summed E-state index contributed by atoms with van der Waals surface area (Å²) in [6.07, 6.45) is 5.89. The largest absolute Gasteiger partial charge is 0.444 e. The molecule has 8 nitrogen and oxygen atoms in total. The van der Waals surface area contributed by atoms with Crippen molar-refractivity contribution < 1.29 is 14.0 Å². The zero-order valence-corrected chi connectivity index (χ0v) is 17.3. The molecule has 1 saturated carbocycles. The van der Waals surface area contributed by atoms with E-state index in [9.17, 15) is 9.59 Å². The fourth-order valence-electron chi connectivity index (χ4n) is 4.72. The van der Waals surface area contributed by atoms with Gasteiger partial charge in [0, 0.05) is 19.6 Å². The highest BCUT2D eigenvalue weighted by Crippen LogP contribution is 2.52. The zero-order valence-electron chi connectivity index (χ0n) is 17.3. The summed E-state index contributed by atoms with van der Waals surface area (Å²) < 4.78 is 5.56. The molecule has 2 amide bonds. The minimum Gasteiger partial charge on any atom is -0.444 e. The first-order valence-electron chi connectivity index (χ1n) is 10.5. The molecule has 1 saturated heterocycles. The summed E-state index contributed by atoms with van der Waals surface area (Å²) in [5, 5.41) is 6.44. The minimum absolute atomic E-state index is 0.0204. The number of rotatable bonds is 7. The molecule has 2 aliphatic carbocycles. The fraction of sp³-hybridized carbons (Fsp3) is 0.619. The maximum absolute atomic E-state index is 12.7. The van der Waals surface area contributed by atoms with Crippen LogP contribution in [0.15, 0.2) is 21.6 Å². The molecule has 8 heteroatoms. The molecule has 156 valence electrons. The maximum Gasteiger partial charge on any atom is 0.233 e. The van der Waals surface area contributed by atoms with E-state index in [1.807, 2.05) is 20.8 Å². The molecule has 1 aliphatic heterocycles. The minimum atomic E-state index is -0.114. The Labute approximate surface area is 170 Å². The Morgan fingerprint density at radius 1 is 1.21 bits per heavy atom. The molecule has 0 spiro atoms. The standard InChI is InChI=1S/C21H29N5O3/c1-4-22-21(24-11-16-25-12(2)13(3)29-16)23-8-5-9-26-19(27)17-14-6-7-15(10-14)18(17)20(26)28/h6-7,14-15,17-18H,4-5,8-11H2,1-3H3,(H2,22,23,24). The number of imide groups is 1. The van der Waals surface area contributed by atoms with Crippen molar-refractivity contribution in [3.8, 4) is 0 Å². The van der Waals surface area contributed by atoms with E-state index in [1.54, 1.807) is 0 Å². The van der Waals surface area contributed by atoms with Gasteiger partial charge in [-0.25, -0.2) is 9.98 Å². The molecule has 3 aliphatic rings. The van der Waals surface area contributed by atoms with Crippen molar-refractivity contribution in [2.75, 3.05) is 19.6 Å². The molecule has 2 heterocycles. The Hall–Kier alpha value is -2.64. The number of likely N-dealkylation sites (tertiary alicyclic amines) is 1. The second kappa shape index (κ2) is 8.00. The van der Waals surface area contributed by atoms with E-state index in [1.165, 1.54) is 4.90 Å². The molecule has 2 N–H and O–H groups in total. The Morgan fingerprint density at radius 3 is 2.48 bits per heavy atom. The van der Waals surface area contributed by atoms with E-state index in [0.29, 0.717) is 37.9 Å². The van der Waals surface area contributed by atoms with Crippen LogP contribution in [0.5, 0.6) is 0 Å². The van der Waals surface area contributed by atoms with Gasteiger partial charge in [0.1, 0.15) is 12.3 Å². The Morgan fingerprint density at radius 2 is 1.90 bits per heavy atom. The predicted molar refractivity (Wildman–Crippen MR) is 108 cm³/mol. The van der Waals surface area contributed by atoms with Crippen molar-refractivity contribution >= 4 is 17.8 Å². The van der Waals surface area contributed by atoms with Crippen LogP contribution in [-0.4, -0.2) is 47.3 Å². The van der Waals surface area contributed by atoms with Gasteiger partial charge in [0.2, 0.25) is 17.7 Å². The molecule has 4 unspecified atom stereocenters. The molecule has 2 fully saturated rings. The van der Waals surface area contributed by atoms with Gasteiger partial charge >= 0.3 is 0 Å². The van der Waals surface area contributed by atoms with E-state index in [0.717, 1.165) is 24.4 Å². The first-order valence-corrected chi connectivity index (χ1v) is 10.5. The molecule has 0 aromatic carbocycles. The summed E-state index contributed by atoms with van der Waals surface area (Å²) in [4.78, 5) is 35.7. The molecule has 1 aromatic heterocycles. The van der Waals surface area contributed by atoms with Crippen molar-refractivity contribution in [3.63, 3.8) is 0 Å². The summed E-state index contributed by atoms with van der Waals surface area (Å²) in [5.41, 5.74) is 0.876. The van der Waals surface area contributed by atoms with Crippen LogP contribution in [0, 0.1) is 37.5 Å². The summed E-state index contributed by atoms with van der Waals surface area (Å²) in [6.45, 7) is 7.95. The molecule has 1 aromatic rings. The summed E-state index contributed by atoms with van der Waals surface area (Å²) in [7, 11) is 0. The van der Waals surface area contributed by atoms with Gasteiger partial charge in [0.25, 0.3) is 0 Å². The third-order valence-electron chi connectivity index (χ3n) is 6.20. The van der Waals surface area contributed by atoms with Crippen LogP contribution in [0.4, 0.5) is 0 Å². The number of aliphatic imine (C=N–C) groups is 1. The lowest BCUT2D eigenvalue weighted by Gasteiger charge is -2.17. The van der Waals surface area contributed by atoms with Gasteiger partial charge < -0.3 is 15.1 Å². The van der Waals surface area contributed by atoms with E-state index < -0.39 is 0 Å². The highest BCUT2D eigenvalue weighted by molar-refractivity contribution is 6.06. The molecule has 2 bridgehead atoms. The third kappa shape index (κ3) is 3.68. The average Bonchev–Trinajstić information content (AvgIpc) is 3.44. The number of guanidine groups is 1. The average molecular weight is 399 g/mol. The molecule has 4 rings (SSSR count). The van der Waals surface area contributed by atoms with Crippen molar-refractivity contribution in [2.45, 2.75) is 40.2 Å². The van der Waals surface area contributed by atoms with Gasteiger partial charge in [-0.3, -0.25) is 14.5 Å². The van der Waals surface area contributed by atoms with Crippen LogP contribution < -0.4 is 10.6 Å². The van der Waals surface area contributed by atoms with Crippen molar-refractivity contribution in [3.05, 3.63) is 29.5 Å². The third-order valence-corrected chi connectivity index (χ3v) is 6.20. The van der Waals surface area contributed by atoms with Gasteiger partial charge in [-0.05, 0) is 45.4 Å². The SMILES string of the molecule is CCNC(=NCc1nc(C)c(C)o1)NCCCN1C(=O)C2C3C=CC(C3)C2C1=O. The van der Waals surface area contributed by atoms with Crippen molar-refractivity contribution in [1.29, 1.82) is 0 Å². The maximum atomic E-state index is 12.7. The summed E-state index contributed by atoms with van der Waals surface area (Å²) in [6, 6.07) is 0. The zero-order chi connectivity index (χ0) is 20.5. The van der Waals surface area contributed by atoms with E-state index in [4.69, 9.17) is 4.42 Å². The fourth-order valence-corrected chi connectivity index (χ4v) is 4.72. The molecular formula is C21H29N5O3. The number of nitrogens with one attached hydrogen (secondary N) is 2. The van der Waals surface area contributed by atoms with Gasteiger partial charge in [-0.2, -0.15) is 0 Å². The quantitative estimate of drug-likeness (QED) is 0.237. The lowest BCUT2D eigenvalue weighted by molar-refractivity contribution is -0.140. The number of amides is 2. The molecular weight excluding hydrogens is 370 g/mol.